The number of hydrogen-bond donors (Lipinski definition) is 2. The molecule has 0 unspecified atom stereocenters. The van der Waals surface area contributed by atoms with Crippen molar-refractivity contribution in [2.45, 2.75) is 200 Å². The molecule has 12 rings (SSSR count). The van der Waals surface area contributed by atoms with Gasteiger partial charge in [0.2, 0.25) is 0 Å². The molecule has 2 aromatic carbocycles. The van der Waals surface area contributed by atoms with Gasteiger partial charge in [-0.25, -0.2) is 14.4 Å². The van der Waals surface area contributed by atoms with Gasteiger partial charge in [-0.2, -0.15) is 0 Å². The average molecular weight is 980 g/mol. The summed E-state index contributed by atoms with van der Waals surface area (Å²) >= 11 is 0. The first kappa shape index (κ1) is 52.1. The molecule has 13 nitrogen and oxygen atoms in total. The Hall–Kier alpha value is -3.78. The lowest BCUT2D eigenvalue weighted by Crippen LogP contribution is -2.65. The lowest BCUT2D eigenvalue weighted by Gasteiger charge is -2.64. The molecule has 71 heavy (non-hydrogen) atoms. The molecule has 3 saturated heterocycles. The molecule has 7 aliphatic carbocycles. The van der Waals surface area contributed by atoms with E-state index in [2.05, 4.69) is 115 Å². The predicted molar refractivity (Wildman–Crippen MR) is 274 cm³/mol. The van der Waals surface area contributed by atoms with E-state index >= 15 is 0 Å². The topological polar surface area (TPSA) is 143 Å². The minimum atomic E-state index is -0.573. The van der Waals surface area contributed by atoms with Crippen LogP contribution in [0.5, 0.6) is 0 Å². The monoisotopic (exact) mass is 980 g/mol. The Morgan fingerprint density at radius 2 is 1.11 bits per heavy atom. The molecule has 2 aromatic rings. The summed E-state index contributed by atoms with van der Waals surface area (Å²) in [7, 11) is -1.02. The highest BCUT2D eigenvalue weighted by molar-refractivity contribution is 6.48. The number of carbonyl (C=O) groups is 3. The van der Waals surface area contributed by atoms with Gasteiger partial charge in [-0.15, -0.1) is 0 Å². The predicted octanol–water partition coefficient (Wildman–Crippen LogP) is 10.4. The van der Waals surface area contributed by atoms with Crippen LogP contribution in [0.4, 0.5) is 14.4 Å². The Labute approximate surface area is 424 Å². The van der Waals surface area contributed by atoms with E-state index < -0.39 is 31.9 Å². The van der Waals surface area contributed by atoms with Crippen LogP contribution in [-0.2, 0) is 45.7 Å². The quantitative estimate of drug-likeness (QED) is 0.156. The fourth-order valence-corrected chi connectivity index (χ4v) is 14.0. The Balaban J connectivity index is 0.000000179. The highest BCUT2D eigenvalue weighted by Crippen LogP contribution is 2.67. The number of amides is 3. The maximum Gasteiger partial charge on any atom is 0.482 e. The summed E-state index contributed by atoms with van der Waals surface area (Å²) in [6, 6.07) is 16.6. The summed E-state index contributed by atoms with van der Waals surface area (Å²) in [6.07, 6.45) is 10.9. The Kier molecular flexibility index (Phi) is 14.8. The van der Waals surface area contributed by atoms with Crippen molar-refractivity contribution in [3.8, 4) is 0 Å². The zero-order valence-corrected chi connectivity index (χ0v) is 44.7. The Bertz CT molecular complexity index is 2220. The molecule has 388 valence electrons. The van der Waals surface area contributed by atoms with E-state index in [1.54, 1.807) is 4.90 Å². The number of hydrogen-bond acceptors (Lipinski definition) is 10. The molecule has 4 bridgehead atoms. The average Bonchev–Trinajstić information content (AvgIpc) is 4.14. The molecule has 0 spiro atoms. The van der Waals surface area contributed by atoms with Crippen molar-refractivity contribution in [3.05, 3.63) is 70.8 Å². The van der Waals surface area contributed by atoms with Crippen molar-refractivity contribution < 1.29 is 47.2 Å². The van der Waals surface area contributed by atoms with Gasteiger partial charge in [0.05, 0.1) is 47.9 Å². The van der Waals surface area contributed by atoms with E-state index in [1.165, 1.54) is 36.8 Å². The first-order valence-electron chi connectivity index (χ1n) is 27.2. The SMILES string of the molecule is Cc1ccc(C[C@H](NC(=O)OCC2CCCC2)B2O[C@@H]3C[C@@H]4C[C@@H](C4(C)C)[C@]3(C)O2)cc1.Cc1ccc(C[C@H](NC(=O)OC[C@H]2CCCN2C(=O)OC(C)(C)C)B2O[C@@H]3C[C@@H]4C[C@@H](C4(C)C)[C@]3(C)O2)cc1. The molecule has 15 heteroatoms. The summed E-state index contributed by atoms with van der Waals surface area (Å²) in [5, 5.41) is 6.17. The zero-order chi connectivity index (χ0) is 50.7. The minimum Gasteiger partial charge on any atom is -0.449 e. The highest BCUT2D eigenvalue weighted by Gasteiger charge is 2.70. The molecule has 3 heterocycles. The van der Waals surface area contributed by atoms with Crippen LogP contribution in [0.2, 0.25) is 0 Å². The van der Waals surface area contributed by atoms with Crippen LogP contribution in [0, 0.1) is 54.3 Å². The lowest BCUT2D eigenvalue weighted by molar-refractivity contribution is -0.199. The first-order chi connectivity index (χ1) is 33.5. The van der Waals surface area contributed by atoms with E-state index in [-0.39, 0.29) is 59.6 Å². The summed E-state index contributed by atoms with van der Waals surface area (Å²) in [6.45, 7) is 24.7. The van der Waals surface area contributed by atoms with Gasteiger partial charge in [-0.1, -0.05) is 100 Å². The van der Waals surface area contributed by atoms with Crippen molar-refractivity contribution in [1.29, 1.82) is 0 Å². The van der Waals surface area contributed by atoms with Crippen molar-refractivity contribution in [2.24, 2.45) is 40.4 Å². The second-order valence-corrected chi connectivity index (χ2v) is 25.4. The molecular weight excluding hydrogens is 896 g/mol. The lowest BCUT2D eigenvalue weighted by atomic mass is 9.43. The van der Waals surface area contributed by atoms with E-state index in [9.17, 15) is 14.4 Å². The number of alkyl carbamates (subject to hydrolysis) is 2. The highest BCUT2D eigenvalue weighted by atomic mass is 16.7. The number of likely N-dealkylation sites (tertiary alicyclic amines) is 1. The standard InChI is InChI=1S/C30H45BN2O6.C26H38BNO4/c1-19-10-12-20(13-11-19)15-25(31-38-24-17-21-16-23(29(21,5)6)30(24,7)39-31)32-26(34)36-18-22-9-8-14-33(22)27(35)37-28(2,3)4;1-17-9-11-18(12-10-17)13-23(28-24(29)30-16-19-7-5-6-8-19)27-31-22-15-20-14-21(25(20,2)3)26(22,4)32-27/h10-13,21-25H,8-9,14-18H2,1-7H3,(H,32,34);9-12,19-23H,5-8,13-16H2,1-4H3,(H,28,29)/t21-,22+,23-,24+,25-,30-;20-,21-,22+,23-,26-/m00/s1. The first-order valence-corrected chi connectivity index (χ1v) is 27.2. The second-order valence-electron chi connectivity index (χ2n) is 25.4. The zero-order valence-electron chi connectivity index (χ0n) is 44.7. The molecule has 10 fully saturated rings. The van der Waals surface area contributed by atoms with Crippen molar-refractivity contribution in [1.82, 2.24) is 15.5 Å². The number of aryl methyl sites for hydroxylation is 2. The van der Waals surface area contributed by atoms with Crippen LogP contribution < -0.4 is 10.6 Å². The van der Waals surface area contributed by atoms with E-state index in [0.29, 0.717) is 61.0 Å². The van der Waals surface area contributed by atoms with Gasteiger partial charge in [-0.05, 0) is 164 Å². The number of rotatable bonds is 12. The van der Waals surface area contributed by atoms with Gasteiger partial charge in [-0.3, -0.25) is 0 Å². The van der Waals surface area contributed by atoms with Gasteiger partial charge in [0, 0.05) is 6.54 Å². The molecule has 0 radical (unpaired) electrons. The molecule has 0 aromatic heterocycles. The third-order valence-corrected chi connectivity index (χ3v) is 18.7. The van der Waals surface area contributed by atoms with Crippen molar-refractivity contribution >= 4 is 32.5 Å². The van der Waals surface area contributed by atoms with Crippen molar-refractivity contribution in [3.63, 3.8) is 0 Å². The molecule has 3 amide bonds. The maximum atomic E-state index is 13.1. The van der Waals surface area contributed by atoms with Gasteiger partial charge in [0.15, 0.2) is 0 Å². The van der Waals surface area contributed by atoms with Crippen LogP contribution in [0.15, 0.2) is 48.5 Å². The van der Waals surface area contributed by atoms with Gasteiger partial charge < -0.3 is 48.4 Å². The largest absolute Gasteiger partial charge is 0.482 e. The summed E-state index contributed by atoms with van der Waals surface area (Å²) in [5.41, 5.74) is 3.97. The summed E-state index contributed by atoms with van der Waals surface area (Å²) < 4.78 is 43.3. The molecule has 2 N–H and O–H groups in total. The normalized spacial score (nSPS) is 32.8. The fraction of sp³-hybridized carbons (Fsp3) is 0.732. The minimum absolute atomic E-state index is 0.0264. The van der Waals surface area contributed by atoms with Crippen LogP contribution in [0.3, 0.4) is 0 Å². The second kappa shape index (κ2) is 20.2. The van der Waals surface area contributed by atoms with Crippen LogP contribution in [0.1, 0.15) is 149 Å². The van der Waals surface area contributed by atoms with Crippen molar-refractivity contribution in [2.75, 3.05) is 19.8 Å². The number of nitrogens with zero attached hydrogens (tertiary/aromatic N) is 1. The van der Waals surface area contributed by atoms with Gasteiger partial charge >= 0.3 is 32.5 Å². The third kappa shape index (κ3) is 10.9. The Morgan fingerprint density at radius 1 is 0.662 bits per heavy atom. The van der Waals surface area contributed by atoms with Gasteiger partial charge in [0.1, 0.15) is 12.2 Å². The van der Waals surface area contributed by atoms with Crippen LogP contribution in [0.25, 0.3) is 0 Å². The van der Waals surface area contributed by atoms with Crippen LogP contribution >= 0.6 is 0 Å². The van der Waals surface area contributed by atoms with Crippen LogP contribution in [-0.4, -0.2) is 104 Å². The smallest absolute Gasteiger partial charge is 0.449 e. The Morgan fingerprint density at radius 3 is 1.55 bits per heavy atom. The molecule has 10 aliphatic rings. The number of benzene rings is 2. The number of ether oxygens (including phenoxy) is 3. The molecule has 3 aliphatic heterocycles. The van der Waals surface area contributed by atoms with E-state index in [0.717, 1.165) is 49.7 Å². The fourth-order valence-electron chi connectivity index (χ4n) is 14.0. The van der Waals surface area contributed by atoms with E-state index in [1.807, 2.05) is 20.8 Å². The molecule has 11 atom stereocenters. The van der Waals surface area contributed by atoms with E-state index in [4.69, 9.17) is 32.8 Å². The number of nitrogens with one attached hydrogen (secondary N) is 2. The third-order valence-electron chi connectivity index (χ3n) is 18.7. The summed E-state index contributed by atoms with van der Waals surface area (Å²) in [5.74, 6) is 2.10. The summed E-state index contributed by atoms with van der Waals surface area (Å²) in [4.78, 5) is 40.2. The molecule has 7 saturated carbocycles. The maximum absolute atomic E-state index is 13.1. The molecular formula is C56H83B2N3O10. The van der Waals surface area contributed by atoms with Gasteiger partial charge in [0.25, 0.3) is 0 Å². The number of carbonyl (C=O) groups excluding carboxylic acids is 3.